The van der Waals surface area contributed by atoms with Crippen molar-refractivity contribution in [3.8, 4) is 12.1 Å². The number of carbonyl (C=O) groups is 2. The maximum atomic E-state index is 13.6. The van der Waals surface area contributed by atoms with Gasteiger partial charge in [-0.05, 0) is 73.1 Å². The predicted octanol–water partition coefficient (Wildman–Crippen LogP) is 7.62. The molecule has 4 nitrogen and oxygen atoms in total. The highest BCUT2D eigenvalue weighted by Gasteiger charge is 2.61. The number of ketones is 2. The lowest BCUT2D eigenvalue weighted by atomic mass is 9.67. The molecule has 0 spiro atoms. The Balaban J connectivity index is 1.53. The molecule has 8 unspecified atom stereocenters. The Bertz CT molecular complexity index is 1550. The van der Waals surface area contributed by atoms with Gasteiger partial charge in [0.1, 0.15) is 11.6 Å². The minimum atomic E-state index is -5.17. The van der Waals surface area contributed by atoms with Gasteiger partial charge in [0.25, 0.3) is 0 Å². The van der Waals surface area contributed by atoms with Crippen LogP contribution in [0, 0.1) is 65.1 Å². The molecule has 2 aromatic rings. The third-order valence-electron chi connectivity index (χ3n) is 9.12. The Morgan fingerprint density at radius 2 is 0.977 bits per heavy atom. The number of fused-ring (bicyclic) bond motifs is 2. The van der Waals surface area contributed by atoms with Gasteiger partial charge in [-0.25, -0.2) is 0 Å². The standard InChI is InChI=1S/C30H21F9N2O2/c1-12-2-13(4-15(3-12)28(31,32)33)24-22(10-40)18-8-19-21(9-20(18)26(24)42)27(43)25(23(19)11-41)14-5-16(29(34,35)36)7-17(6-14)30(37,38)39/h2-7,18-25H,8-9H2,1H3. The second-order valence-corrected chi connectivity index (χ2v) is 11.6. The zero-order valence-electron chi connectivity index (χ0n) is 22.1. The summed E-state index contributed by atoms with van der Waals surface area (Å²) in [5.41, 5.74) is -4.67. The normalized spacial score (nSPS) is 30.9. The van der Waals surface area contributed by atoms with E-state index in [-0.39, 0.29) is 30.0 Å². The van der Waals surface area contributed by atoms with Crippen LogP contribution in [-0.2, 0) is 28.1 Å². The molecule has 0 aromatic heterocycles. The number of carbonyl (C=O) groups excluding carboxylic acids is 2. The summed E-state index contributed by atoms with van der Waals surface area (Å²) in [7, 11) is 0. The first-order valence-electron chi connectivity index (χ1n) is 13.2. The molecule has 0 radical (unpaired) electrons. The monoisotopic (exact) mass is 612 g/mol. The van der Waals surface area contributed by atoms with E-state index in [0.717, 1.165) is 12.1 Å². The molecule has 3 saturated carbocycles. The van der Waals surface area contributed by atoms with Crippen molar-refractivity contribution in [2.24, 2.45) is 35.5 Å². The van der Waals surface area contributed by atoms with Crippen molar-refractivity contribution >= 4 is 11.6 Å². The molecule has 43 heavy (non-hydrogen) atoms. The fraction of sp³-hybridized carbons (Fsp3) is 0.467. The molecule has 5 rings (SSSR count). The number of benzene rings is 2. The van der Waals surface area contributed by atoms with Crippen molar-refractivity contribution < 1.29 is 49.1 Å². The Labute approximate surface area is 239 Å². The lowest BCUT2D eigenvalue weighted by molar-refractivity contribution is -0.143. The summed E-state index contributed by atoms with van der Waals surface area (Å²) in [5, 5.41) is 20.1. The van der Waals surface area contributed by atoms with Crippen LogP contribution in [0.5, 0.6) is 0 Å². The zero-order valence-corrected chi connectivity index (χ0v) is 22.1. The summed E-state index contributed by atoms with van der Waals surface area (Å²) in [4.78, 5) is 27.2. The molecular formula is C30H21F9N2O2. The average Bonchev–Trinajstić information content (AvgIpc) is 3.34. The molecule has 0 heterocycles. The molecule has 8 atom stereocenters. The molecule has 3 aliphatic rings. The second kappa shape index (κ2) is 10.1. The van der Waals surface area contributed by atoms with Gasteiger partial charge in [-0.2, -0.15) is 50.0 Å². The number of nitriles is 2. The Morgan fingerprint density at radius 1 is 0.605 bits per heavy atom. The van der Waals surface area contributed by atoms with Gasteiger partial charge < -0.3 is 0 Å². The van der Waals surface area contributed by atoms with Crippen molar-refractivity contribution in [1.29, 1.82) is 10.5 Å². The van der Waals surface area contributed by atoms with Crippen LogP contribution >= 0.6 is 0 Å². The van der Waals surface area contributed by atoms with E-state index in [1.807, 2.05) is 12.1 Å². The van der Waals surface area contributed by atoms with Crippen molar-refractivity contribution in [3.05, 3.63) is 69.8 Å². The molecular weight excluding hydrogens is 591 g/mol. The first-order chi connectivity index (χ1) is 19.9. The van der Waals surface area contributed by atoms with Crippen molar-refractivity contribution in [1.82, 2.24) is 0 Å². The van der Waals surface area contributed by atoms with E-state index in [4.69, 9.17) is 0 Å². The number of halogens is 9. The Morgan fingerprint density at radius 3 is 1.35 bits per heavy atom. The number of hydrogen-bond acceptors (Lipinski definition) is 4. The highest BCUT2D eigenvalue weighted by Crippen LogP contribution is 2.60. The number of nitrogens with zero attached hydrogens (tertiary/aromatic N) is 2. The van der Waals surface area contributed by atoms with Crippen molar-refractivity contribution in [2.45, 2.75) is 50.1 Å². The van der Waals surface area contributed by atoms with Gasteiger partial charge in [0.05, 0.1) is 52.5 Å². The highest BCUT2D eigenvalue weighted by atomic mass is 19.4. The van der Waals surface area contributed by atoms with Gasteiger partial charge in [0, 0.05) is 11.8 Å². The largest absolute Gasteiger partial charge is 0.416 e. The van der Waals surface area contributed by atoms with E-state index in [2.05, 4.69) is 0 Å². The first-order valence-corrected chi connectivity index (χ1v) is 13.2. The minimum absolute atomic E-state index is 0.00637. The fourth-order valence-electron chi connectivity index (χ4n) is 7.42. The van der Waals surface area contributed by atoms with E-state index in [0.29, 0.717) is 12.1 Å². The summed E-state index contributed by atoms with van der Waals surface area (Å²) in [6.07, 6.45) is -15.4. The van der Waals surface area contributed by atoms with Crippen LogP contribution in [0.2, 0.25) is 0 Å². The summed E-state index contributed by atoms with van der Waals surface area (Å²) in [5.74, 6) is -10.3. The molecule has 2 aromatic carbocycles. The van der Waals surface area contributed by atoms with Crippen molar-refractivity contribution in [3.63, 3.8) is 0 Å². The Kier molecular flexibility index (Phi) is 7.19. The average molecular weight is 612 g/mol. The van der Waals surface area contributed by atoms with Gasteiger partial charge in [-0.3, -0.25) is 9.59 Å². The van der Waals surface area contributed by atoms with Crippen LogP contribution in [0.3, 0.4) is 0 Å². The fourth-order valence-corrected chi connectivity index (χ4v) is 7.42. The van der Waals surface area contributed by atoms with Crippen LogP contribution in [0.15, 0.2) is 36.4 Å². The molecule has 0 amide bonds. The number of alkyl halides is 9. The van der Waals surface area contributed by atoms with Gasteiger partial charge in [-0.15, -0.1) is 0 Å². The summed E-state index contributed by atoms with van der Waals surface area (Å²) in [6, 6.07) is 7.76. The van der Waals surface area contributed by atoms with Gasteiger partial charge >= 0.3 is 18.5 Å². The quantitative estimate of drug-likeness (QED) is 0.327. The number of hydrogen-bond donors (Lipinski definition) is 0. The lowest BCUT2D eigenvalue weighted by Gasteiger charge is -2.35. The summed E-state index contributed by atoms with van der Waals surface area (Å²) < 4.78 is 122. The lowest BCUT2D eigenvalue weighted by Crippen LogP contribution is -2.34. The van der Waals surface area contributed by atoms with Gasteiger partial charge in [-0.1, -0.05) is 11.6 Å². The maximum absolute atomic E-state index is 13.6. The second-order valence-electron chi connectivity index (χ2n) is 11.6. The van der Waals surface area contributed by atoms with Crippen LogP contribution in [0.4, 0.5) is 39.5 Å². The number of Topliss-reactive ketones (excluding diaryl/α,β-unsaturated/α-hetero) is 2. The van der Waals surface area contributed by atoms with E-state index in [9.17, 15) is 59.6 Å². The summed E-state index contributed by atoms with van der Waals surface area (Å²) >= 11 is 0. The molecule has 3 fully saturated rings. The van der Waals surface area contributed by atoms with Gasteiger partial charge in [0.15, 0.2) is 0 Å². The smallest absolute Gasteiger partial charge is 0.299 e. The molecule has 13 heteroatoms. The van der Waals surface area contributed by atoms with Crippen LogP contribution in [0.25, 0.3) is 0 Å². The first kappa shape index (κ1) is 30.6. The SMILES string of the molecule is Cc1cc(C2C(=O)C3CC4C(=O)C(c5cc(C(F)(F)F)cc(C(F)(F)F)c5)C(C#N)C4CC3C2C#N)cc(C(F)(F)F)c1. The van der Waals surface area contributed by atoms with Crippen LogP contribution in [0.1, 0.15) is 58.1 Å². The van der Waals surface area contributed by atoms with E-state index < -0.39 is 99.7 Å². The zero-order chi connectivity index (χ0) is 31.8. The maximum Gasteiger partial charge on any atom is 0.416 e. The minimum Gasteiger partial charge on any atom is -0.299 e. The van der Waals surface area contributed by atoms with E-state index >= 15 is 0 Å². The third-order valence-corrected chi connectivity index (χ3v) is 9.12. The molecule has 226 valence electrons. The predicted molar refractivity (Wildman–Crippen MR) is 130 cm³/mol. The van der Waals surface area contributed by atoms with E-state index in [1.165, 1.54) is 13.0 Å². The molecule has 0 saturated heterocycles. The molecule has 0 aliphatic heterocycles. The van der Waals surface area contributed by atoms with Crippen molar-refractivity contribution in [2.75, 3.05) is 0 Å². The third kappa shape index (κ3) is 5.17. The number of rotatable bonds is 2. The van der Waals surface area contributed by atoms with E-state index in [1.54, 1.807) is 0 Å². The topological polar surface area (TPSA) is 81.7 Å². The molecule has 0 bridgehead atoms. The highest BCUT2D eigenvalue weighted by molar-refractivity contribution is 5.95. The molecule has 3 aliphatic carbocycles. The Hall–Kier alpha value is -3.87. The number of aryl methyl sites for hydroxylation is 1. The summed E-state index contributed by atoms with van der Waals surface area (Å²) in [6.45, 7) is 1.41. The van der Waals surface area contributed by atoms with Crippen LogP contribution < -0.4 is 0 Å². The van der Waals surface area contributed by atoms with Gasteiger partial charge in [0.2, 0.25) is 0 Å². The van der Waals surface area contributed by atoms with Crippen LogP contribution in [-0.4, -0.2) is 11.6 Å². The molecule has 0 N–H and O–H groups in total.